The van der Waals surface area contributed by atoms with Gasteiger partial charge in [-0.25, -0.2) is 0 Å². The molecule has 0 spiro atoms. The molecule has 68 heavy (non-hydrogen) atoms. The zero-order chi connectivity index (χ0) is 51.2. The van der Waals surface area contributed by atoms with Crippen LogP contribution in [0.4, 0.5) is 5.69 Å². The number of cyclic esters (lactones) is 1. The van der Waals surface area contributed by atoms with Gasteiger partial charge < -0.3 is 69.1 Å². The number of amides is 1. The number of esters is 2. The molecule has 0 saturated carbocycles. The normalized spacial score (nSPS) is 40.6. The van der Waals surface area contributed by atoms with Gasteiger partial charge in [0, 0.05) is 56.3 Å². The van der Waals surface area contributed by atoms with E-state index in [0.29, 0.717) is 6.42 Å². The molecule has 19 atom stereocenters. The van der Waals surface area contributed by atoms with Crippen molar-refractivity contribution in [2.75, 3.05) is 27.7 Å². The van der Waals surface area contributed by atoms with Crippen LogP contribution in [0.15, 0.2) is 24.3 Å². The van der Waals surface area contributed by atoms with Gasteiger partial charge in [-0.1, -0.05) is 32.9 Å². The fourth-order valence-electron chi connectivity index (χ4n) is 10.1. The molecule has 388 valence electrons. The maximum atomic E-state index is 14.4. The molecule has 3 fully saturated rings. The highest BCUT2D eigenvalue weighted by atomic mass is 16.7. The number of benzene rings is 1. The second kappa shape index (κ2) is 23.7. The molecule has 3 heterocycles. The summed E-state index contributed by atoms with van der Waals surface area (Å²) in [5, 5.41) is 64.5. The Kier molecular flexibility index (Phi) is 19.9. The number of nitro groups is 1. The lowest BCUT2D eigenvalue weighted by Gasteiger charge is -2.49. The Morgan fingerprint density at radius 1 is 0.985 bits per heavy atom. The number of nitrogens with zero attached hydrogens (tertiary/aromatic N) is 2. The predicted octanol–water partition coefficient (Wildman–Crippen LogP) is 3.29. The summed E-state index contributed by atoms with van der Waals surface area (Å²) in [6.45, 7) is 18.4. The number of nitrogens with one attached hydrogen (secondary N) is 2. The molecule has 1 aromatic rings. The minimum absolute atomic E-state index is 0.0000408. The smallest absolute Gasteiger partial charge is 0.311 e. The Hall–Kier alpha value is -3.41. The number of hydrogen-bond donors (Lipinski definition) is 6. The molecule has 3 aliphatic heterocycles. The quantitative estimate of drug-likeness (QED) is 0.0887. The topological polar surface area (TPSA) is 267 Å². The highest BCUT2D eigenvalue weighted by molar-refractivity contribution is 5.79. The van der Waals surface area contributed by atoms with E-state index < -0.39 is 119 Å². The van der Waals surface area contributed by atoms with E-state index in [1.54, 1.807) is 53.7 Å². The maximum Gasteiger partial charge on any atom is 0.311 e. The lowest BCUT2D eigenvalue weighted by molar-refractivity contribution is -0.384. The first-order valence-electron chi connectivity index (χ1n) is 23.9. The van der Waals surface area contributed by atoms with Gasteiger partial charge in [-0.3, -0.25) is 24.5 Å². The summed E-state index contributed by atoms with van der Waals surface area (Å²) in [5.74, 6) is -5.22. The van der Waals surface area contributed by atoms with Gasteiger partial charge in [0.15, 0.2) is 18.7 Å². The van der Waals surface area contributed by atoms with Gasteiger partial charge in [-0.2, -0.15) is 0 Å². The van der Waals surface area contributed by atoms with Crippen molar-refractivity contribution in [3.63, 3.8) is 0 Å². The van der Waals surface area contributed by atoms with Gasteiger partial charge in [0.1, 0.15) is 23.4 Å². The molecule has 0 bridgehead atoms. The highest BCUT2D eigenvalue weighted by Crippen LogP contribution is 2.40. The van der Waals surface area contributed by atoms with Crippen molar-refractivity contribution >= 4 is 23.5 Å². The van der Waals surface area contributed by atoms with Crippen LogP contribution in [-0.2, 0) is 47.5 Å². The van der Waals surface area contributed by atoms with Crippen molar-refractivity contribution in [2.24, 2.45) is 17.8 Å². The Morgan fingerprint density at radius 3 is 2.19 bits per heavy atom. The molecule has 1 amide bonds. The summed E-state index contributed by atoms with van der Waals surface area (Å²) in [5.41, 5.74) is -4.30. The number of carbonyl (C=O) groups is 3. The van der Waals surface area contributed by atoms with Crippen molar-refractivity contribution in [2.45, 2.75) is 205 Å². The van der Waals surface area contributed by atoms with Crippen LogP contribution in [0.25, 0.3) is 0 Å². The first-order chi connectivity index (χ1) is 31.6. The van der Waals surface area contributed by atoms with E-state index in [0.717, 1.165) is 5.56 Å². The van der Waals surface area contributed by atoms with Crippen molar-refractivity contribution in [1.82, 2.24) is 15.5 Å². The monoisotopic (exact) mass is 969 g/mol. The lowest BCUT2D eigenvalue weighted by atomic mass is 9.78. The average Bonchev–Trinajstić information content (AvgIpc) is 3.26. The second-order valence-corrected chi connectivity index (χ2v) is 20.3. The Bertz CT molecular complexity index is 1840. The molecule has 20 heteroatoms. The van der Waals surface area contributed by atoms with E-state index in [1.165, 1.54) is 40.0 Å². The van der Waals surface area contributed by atoms with Crippen LogP contribution in [-0.4, -0.2) is 166 Å². The molecule has 6 N–H and O–H groups in total. The summed E-state index contributed by atoms with van der Waals surface area (Å²) < 4.78 is 44.2. The van der Waals surface area contributed by atoms with Gasteiger partial charge in [0.25, 0.3) is 5.69 Å². The summed E-state index contributed by atoms with van der Waals surface area (Å²) in [6.07, 6.45) is -10.5. The van der Waals surface area contributed by atoms with Crippen LogP contribution in [0.2, 0.25) is 0 Å². The summed E-state index contributed by atoms with van der Waals surface area (Å²) in [4.78, 5) is 53.9. The molecular formula is C48H80N4O16. The third-order valence-corrected chi connectivity index (χ3v) is 14.3. The second-order valence-electron chi connectivity index (χ2n) is 20.3. The summed E-state index contributed by atoms with van der Waals surface area (Å²) in [7, 11) is 5.14. The molecule has 4 rings (SSSR count). The van der Waals surface area contributed by atoms with Crippen molar-refractivity contribution < 1.29 is 72.9 Å². The third-order valence-electron chi connectivity index (χ3n) is 14.3. The van der Waals surface area contributed by atoms with E-state index in [-0.39, 0.29) is 56.1 Å². The number of rotatable bonds is 14. The standard InChI is InChI=1S/C48H80N4O16/c1-15-35-48(11,59)40(55)29(6)43(56)50-25(2)23-46(9,58)41(68-45-38(54)34(51(12)13)22-26(3)63-45)27(4)39(28(5)44(57)65-35)67-37-24-47(10,62-14)42(31(8)64-37)66-36(53)20-21-49-30(7)32-16-18-33(19-17-32)52(60)61/h16-19,25-31,34-35,37-42,45,49,54-55,58-59H,15,20-24H2,1-14H3,(H,50,56)/t25-,26-,27+,28-,29-,30+,31+,34+,35-,37+,38-,39+,40-,41-,42+,45+,46-,47-,48-/m1/s1. The van der Waals surface area contributed by atoms with Crippen LogP contribution < -0.4 is 10.6 Å². The number of nitro benzene ring substituents is 1. The molecule has 0 radical (unpaired) electrons. The van der Waals surface area contributed by atoms with Crippen LogP contribution in [0.3, 0.4) is 0 Å². The Labute approximate surface area is 401 Å². The molecule has 0 aliphatic carbocycles. The fourth-order valence-corrected chi connectivity index (χ4v) is 10.1. The largest absolute Gasteiger partial charge is 0.459 e. The SMILES string of the molecule is CC[C@H]1OC(=O)[C@H](C)[C@@H](O[C@H]2C[C@@](C)(OC)[C@@H](OC(=O)CCN[C@@H](C)c3ccc([N+](=O)[O-])cc3)[C@H](C)O2)[C@H](C)[C@@H](O[C@@H]2O[C@H](C)C[C@H](N(C)C)[C@H]2O)[C@](C)(O)C[C@@H](C)NC(=O)[C@H](C)[C@@H](O)[C@]1(C)O. The fraction of sp³-hybridized carbons (Fsp3) is 0.812. The van der Waals surface area contributed by atoms with Crippen molar-refractivity contribution in [3.05, 3.63) is 39.9 Å². The van der Waals surface area contributed by atoms with Crippen LogP contribution in [0.1, 0.15) is 120 Å². The van der Waals surface area contributed by atoms with Crippen LogP contribution in [0, 0.1) is 27.9 Å². The van der Waals surface area contributed by atoms with Crippen molar-refractivity contribution in [1.29, 1.82) is 0 Å². The predicted molar refractivity (Wildman–Crippen MR) is 248 cm³/mol. The average molecular weight is 969 g/mol. The molecule has 3 saturated heterocycles. The number of aliphatic hydroxyl groups is 4. The zero-order valence-corrected chi connectivity index (χ0v) is 42.4. The van der Waals surface area contributed by atoms with Gasteiger partial charge in [0.2, 0.25) is 5.91 Å². The molecular weight excluding hydrogens is 889 g/mol. The van der Waals surface area contributed by atoms with E-state index in [1.807, 2.05) is 32.8 Å². The molecule has 3 aliphatic rings. The van der Waals surface area contributed by atoms with E-state index in [9.17, 15) is 44.9 Å². The van der Waals surface area contributed by atoms with E-state index in [4.69, 9.17) is 33.2 Å². The number of aliphatic hydroxyl groups excluding tert-OH is 2. The lowest BCUT2D eigenvalue weighted by Crippen LogP contribution is -2.61. The number of methoxy groups -OCH3 is 1. The maximum absolute atomic E-state index is 14.4. The Balaban J connectivity index is 1.67. The zero-order valence-electron chi connectivity index (χ0n) is 42.4. The van der Waals surface area contributed by atoms with E-state index >= 15 is 0 Å². The van der Waals surface area contributed by atoms with E-state index in [2.05, 4.69) is 10.6 Å². The number of likely N-dealkylation sites (N-methyl/N-ethyl adjacent to an activating group) is 1. The van der Waals surface area contributed by atoms with Gasteiger partial charge in [0.05, 0.1) is 59.3 Å². The minimum Gasteiger partial charge on any atom is -0.459 e. The molecule has 20 nitrogen and oxygen atoms in total. The highest BCUT2D eigenvalue weighted by Gasteiger charge is 2.54. The van der Waals surface area contributed by atoms with Crippen molar-refractivity contribution in [3.8, 4) is 0 Å². The first kappa shape index (κ1) is 57.2. The molecule has 0 aromatic heterocycles. The summed E-state index contributed by atoms with van der Waals surface area (Å²) >= 11 is 0. The third kappa shape index (κ3) is 13.7. The first-order valence-corrected chi connectivity index (χ1v) is 23.9. The van der Waals surface area contributed by atoms with Crippen LogP contribution >= 0.6 is 0 Å². The Morgan fingerprint density at radius 2 is 1.62 bits per heavy atom. The van der Waals surface area contributed by atoms with Gasteiger partial charge in [-0.15, -0.1) is 0 Å². The number of hydrogen-bond acceptors (Lipinski definition) is 18. The number of ether oxygens (including phenoxy) is 7. The molecule has 1 aromatic carbocycles. The molecule has 0 unspecified atom stereocenters. The minimum atomic E-state index is -2.08. The number of carbonyl (C=O) groups excluding carboxylic acids is 3. The van der Waals surface area contributed by atoms with Gasteiger partial charge in [-0.05, 0) is 94.3 Å². The van der Waals surface area contributed by atoms with Crippen LogP contribution in [0.5, 0.6) is 0 Å². The number of non-ortho nitro benzene ring substituents is 1. The summed E-state index contributed by atoms with van der Waals surface area (Å²) in [6, 6.07) is 4.84. The van der Waals surface area contributed by atoms with Gasteiger partial charge >= 0.3 is 11.9 Å².